The zero-order valence-corrected chi connectivity index (χ0v) is 16.2. The van der Waals surface area contributed by atoms with Gasteiger partial charge in [-0.05, 0) is 80.5 Å². The van der Waals surface area contributed by atoms with Gasteiger partial charge in [-0.3, -0.25) is 4.79 Å². The third-order valence-electron chi connectivity index (χ3n) is 8.46. The van der Waals surface area contributed by atoms with Crippen LogP contribution in [0.25, 0.3) is 0 Å². The maximum Gasteiger partial charge on any atom is 0.335 e. The van der Waals surface area contributed by atoms with Gasteiger partial charge in [0.25, 0.3) is 0 Å². The molecule has 5 nitrogen and oxygen atoms in total. The van der Waals surface area contributed by atoms with Crippen LogP contribution in [0.5, 0.6) is 0 Å². The molecule has 1 aromatic rings. The maximum absolute atomic E-state index is 13.6. The molecule has 4 bridgehead atoms. The number of carboxylic acid groups (broad SMARTS) is 1. The largest absolute Gasteiger partial charge is 0.478 e. The Balaban J connectivity index is 1.17. The van der Waals surface area contributed by atoms with Gasteiger partial charge in [0.05, 0.1) is 17.0 Å². The van der Waals surface area contributed by atoms with Gasteiger partial charge in [0.1, 0.15) is 0 Å². The van der Waals surface area contributed by atoms with E-state index in [2.05, 4.69) is 9.80 Å². The highest BCUT2D eigenvalue weighted by molar-refractivity contribution is 5.88. The van der Waals surface area contributed by atoms with Gasteiger partial charge in [-0.1, -0.05) is 0 Å². The standard InChI is InChI=1S/C23H28N2O3/c26-21(27)17-1-3-19(4-2-17)25-12-18-11-24(13-20(18)25)22(28)23-8-14-5-15(9-23)7-16(6-14)10-23/h1-4,14-16,18,20H,5-13H2,(H,26,27)/t14?,15?,16?,18-,20-,23?/m1/s1. The van der Waals surface area contributed by atoms with Crippen molar-refractivity contribution in [1.82, 2.24) is 4.90 Å². The zero-order chi connectivity index (χ0) is 19.0. The first kappa shape index (κ1) is 16.9. The molecule has 2 saturated heterocycles. The molecule has 0 aromatic heterocycles. The molecule has 4 saturated carbocycles. The lowest BCUT2D eigenvalue weighted by atomic mass is 9.49. The van der Waals surface area contributed by atoms with Gasteiger partial charge in [-0.2, -0.15) is 0 Å². The lowest BCUT2D eigenvalue weighted by Gasteiger charge is -2.56. The number of carbonyl (C=O) groups is 2. The minimum atomic E-state index is -0.888. The number of benzene rings is 1. The van der Waals surface area contributed by atoms with Crippen molar-refractivity contribution >= 4 is 17.6 Å². The molecule has 28 heavy (non-hydrogen) atoms. The van der Waals surface area contributed by atoms with E-state index in [1.165, 1.54) is 19.3 Å². The minimum Gasteiger partial charge on any atom is -0.478 e. The normalized spacial score (nSPS) is 40.4. The third-order valence-corrected chi connectivity index (χ3v) is 8.46. The average molecular weight is 380 g/mol. The van der Waals surface area contributed by atoms with Crippen molar-refractivity contribution in [2.75, 3.05) is 24.5 Å². The topological polar surface area (TPSA) is 60.9 Å². The summed E-state index contributed by atoms with van der Waals surface area (Å²) in [7, 11) is 0. The van der Waals surface area contributed by atoms with E-state index in [9.17, 15) is 9.59 Å². The number of likely N-dealkylation sites (tertiary alicyclic amines) is 1. The molecular formula is C23H28N2O3. The number of rotatable bonds is 3. The SMILES string of the molecule is O=C(O)c1ccc(N2C[C@H]3CN(C(=O)C45CC6CC(CC(C6)C4)C5)C[C@H]32)cc1. The predicted molar refractivity (Wildman–Crippen MR) is 105 cm³/mol. The van der Waals surface area contributed by atoms with Crippen LogP contribution < -0.4 is 4.90 Å². The minimum absolute atomic E-state index is 0.0352. The smallest absolute Gasteiger partial charge is 0.335 e. The second-order valence-corrected chi connectivity index (χ2v) is 10.2. The van der Waals surface area contributed by atoms with Gasteiger partial charge in [-0.15, -0.1) is 0 Å². The third kappa shape index (κ3) is 2.37. The Bertz CT molecular complexity index is 797. The van der Waals surface area contributed by atoms with Crippen LogP contribution in [0.15, 0.2) is 24.3 Å². The van der Waals surface area contributed by atoms with E-state index in [0.717, 1.165) is 62.3 Å². The van der Waals surface area contributed by atoms with Crippen LogP contribution >= 0.6 is 0 Å². The van der Waals surface area contributed by atoms with Crippen LogP contribution in [0.1, 0.15) is 48.9 Å². The van der Waals surface area contributed by atoms with Crippen molar-refractivity contribution < 1.29 is 14.7 Å². The quantitative estimate of drug-likeness (QED) is 0.874. The first-order chi connectivity index (χ1) is 13.5. The zero-order valence-electron chi connectivity index (χ0n) is 16.2. The fourth-order valence-corrected chi connectivity index (χ4v) is 7.60. The van der Waals surface area contributed by atoms with Gasteiger partial charge in [0.2, 0.25) is 5.91 Å². The van der Waals surface area contributed by atoms with Gasteiger partial charge < -0.3 is 14.9 Å². The number of anilines is 1. The molecule has 2 aliphatic heterocycles. The monoisotopic (exact) mass is 380 g/mol. The van der Waals surface area contributed by atoms with Crippen LogP contribution in [0.4, 0.5) is 5.69 Å². The van der Waals surface area contributed by atoms with Crippen molar-refractivity contribution in [3.05, 3.63) is 29.8 Å². The van der Waals surface area contributed by atoms with E-state index in [4.69, 9.17) is 5.11 Å². The maximum atomic E-state index is 13.6. The fraction of sp³-hybridized carbons (Fsp3) is 0.652. The highest BCUT2D eigenvalue weighted by Crippen LogP contribution is 2.60. The average Bonchev–Trinajstić information content (AvgIpc) is 2.97. The summed E-state index contributed by atoms with van der Waals surface area (Å²) < 4.78 is 0. The summed E-state index contributed by atoms with van der Waals surface area (Å²) >= 11 is 0. The molecule has 2 heterocycles. The van der Waals surface area contributed by atoms with E-state index in [0.29, 0.717) is 23.4 Å². The molecule has 5 heteroatoms. The van der Waals surface area contributed by atoms with E-state index in [-0.39, 0.29) is 5.41 Å². The van der Waals surface area contributed by atoms with E-state index < -0.39 is 5.97 Å². The van der Waals surface area contributed by atoms with E-state index >= 15 is 0 Å². The van der Waals surface area contributed by atoms with Crippen molar-refractivity contribution in [1.29, 1.82) is 0 Å². The molecule has 0 unspecified atom stereocenters. The molecule has 0 radical (unpaired) electrons. The summed E-state index contributed by atoms with van der Waals surface area (Å²) in [6, 6.07) is 7.57. The van der Waals surface area contributed by atoms with Gasteiger partial charge in [0, 0.05) is 31.2 Å². The Hall–Kier alpha value is -2.04. The molecule has 1 aromatic carbocycles. The van der Waals surface area contributed by atoms with Crippen LogP contribution in [-0.2, 0) is 4.79 Å². The summed E-state index contributed by atoms with van der Waals surface area (Å²) in [5, 5.41) is 9.09. The Kier molecular flexibility index (Phi) is 3.46. The molecule has 148 valence electrons. The van der Waals surface area contributed by atoms with Gasteiger partial charge >= 0.3 is 5.97 Å². The predicted octanol–water partition coefficient (Wildman–Crippen LogP) is 3.25. The Morgan fingerprint density at radius 2 is 1.50 bits per heavy atom. The number of hydrogen-bond donors (Lipinski definition) is 1. The summed E-state index contributed by atoms with van der Waals surface area (Å²) in [5.41, 5.74) is 1.37. The number of carboxylic acids is 1. The summed E-state index contributed by atoms with van der Waals surface area (Å²) in [6.07, 6.45) is 7.55. The number of nitrogens with zero attached hydrogens (tertiary/aromatic N) is 2. The molecular weight excluding hydrogens is 352 g/mol. The fourth-order valence-electron chi connectivity index (χ4n) is 7.60. The lowest BCUT2D eigenvalue weighted by Crippen LogP contribution is -2.56. The second-order valence-electron chi connectivity index (χ2n) is 10.2. The van der Waals surface area contributed by atoms with E-state index in [1.54, 1.807) is 12.1 Å². The summed E-state index contributed by atoms with van der Waals surface area (Å²) in [4.78, 5) is 29.2. The summed E-state index contributed by atoms with van der Waals surface area (Å²) in [5.74, 6) is 2.55. The number of fused-ring (bicyclic) bond motifs is 1. The van der Waals surface area contributed by atoms with Gasteiger partial charge in [-0.25, -0.2) is 4.79 Å². The molecule has 1 amide bonds. The first-order valence-corrected chi connectivity index (χ1v) is 10.9. The van der Waals surface area contributed by atoms with Crippen LogP contribution in [0.2, 0.25) is 0 Å². The molecule has 7 rings (SSSR count). The lowest BCUT2D eigenvalue weighted by molar-refractivity contribution is -0.156. The van der Waals surface area contributed by atoms with Crippen molar-refractivity contribution in [2.24, 2.45) is 29.1 Å². The number of amides is 1. The van der Waals surface area contributed by atoms with Crippen LogP contribution in [-0.4, -0.2) is 47.6 Å². The van der Waals surface area contributed by atoms with Gasteiger partial charge in [0.15, 0.2) is 0 Å². The highest BCUT2D eigenvalue weighted by Gasteiger charge is 2.57. The van der Waals surface area contributed by atoms with Crippen LogP contribution in [0, 0.1) is 29.1 Å². The highest BCUT2D eigenvalue weighted by atomic mass is 16.4. The Morgan fingerprint density at radius 3 is 2.07 bits per heavy atom. The molecule has 4 aliphatic carbocycles. The van der Waals surface area contributed by atoms with Crippen molar-refractivity contribution in [2.45, 2.75) is 44.6 Å². The van der Waals surface area contributed by atoms with E-state index in [1.807, 2.05) is 12.1 Å². The van der Waals surface area contributed by atoms with Crippen molar-refractivity contribution in [3.8, 4) is 0 Å². The Labute approximate surface area is 165 Å². The molecule has 6 fully saturated rings. The molecule has 6 aliphatic rings. The van der Waals surface area contributed by atoms with Crippen LogP contribution in [0.3, 0.4) is 0 Å². The number of hydrogen-bond acceptors (Lipinski definition) is 3. The number of carbonyl (C=O) groups excluding carboxylic acids is 1. The first-order valence-electron chi connectivity index (χ1n) is 10.9. The second kappa shape index (κ2) is 5.74. The number of aromatic carboxylic acids is 1. The van der Waals surface area contributed by atoms with Crippen molar-refractivity contribution in [3.63, 3.8) is 0 Å². The molecule has 1 N–H and O–H groups in total. The molecule has 2 atom stereocenters. The Morgan fingerprint density at radius 1 is 0.893 bits per heavy atom. The summed E-state index contributed by atoms with van der Waals surface area (Å²) in [6.45, 7) is 2.72. The molecule has 0 spiro atoms.